The van der Waals surface area contributed by atoms with Gasteiger partial charge in [0.25, 0.3) is 5.91 Å². The van der Waals surface area contributed by atoms with Gasteiger partial charge < -0.3 is 10.4 Å². The van der Waals surface area contributed by atoms with Crippen molar-refractivity contribution >= 4 is 33.1 Å². The standard InChI is InChI=1S/C25H29F3N4O2S/c1-13(2)14-5-7-15(8-6-14)23-32-18-9-16(24(3,4)34)17(10-20(18)35-23)31-22(33)19-11-30-21(12-29-19)25(26,27)28/h9-15,34H,5-8H2,1-4H3,(H,31,33). The number of benzene rings is 1. The van der Waals surface area contributed by atoms with Crippen molar-refractivity contribution in [3.05, 3.63) is 46.5 Å². The molecule has 6 nitrogen and oxygen atoms in total. The fraction of sp³-hybridized carbons (Fsp3) is 0.520. The van der Waals surface area contributed by atoms with Gasteiger partial charge in [-0.15, -0.1) is 11.3 Å². The number of hydrogen-bond donors (Lipinski definition) is 2. The Labute approximate surface area is 206 Å². The zero-order valence-corrected chi connectivity index (χ0v) is 20.9. The molecule has 0 atom stereocenters. The van der Waals surface area contributed by atoms with Crippen LogP contribution in [0.1, 0.15) is 86.0 Å². The third kappa shape index (κ3) is 5.64. The van der Waals surface area contributed by atoms with E-state index in [9.17, 15) is 23.1 Å². The molecule has 1 aliphatic carbocycles. The van der Waals surface area contributed by atoms with Crippen LogP contribution in [0.4, 0.5) is 18.9 Å². The van der Waals surface area contributed by atoms with Crippen LogP contribution in [0.3, 0.4) is 0 Å². The van der Waals surface area contributed by atoms with E-state index in [4.69, 9.17) is 4.98 Å². The van der Waals surface area contributed by atoms with Gasteiger partial charge >= 0.3 is 6.18 Å². The Kier molecular flexibility index (Phi) is 6.89. The molecule has 0 bridgehead atoms. The van der Waals surface area contributed by atoms with Gasteiger partial charge in [-0.25, -0.2) is 15.0 Å². The normalized spacial score (nSPS) is 19.3. The van der Waals surface area contributed by atoms with Crippen molar-refractivity contribution < 1.29 is 23.1 Å². The number of aliphatic hydroxyl groups is 1. The first-order valence-corrected chi connectivity index (χ1v) is 12.5. The molecule has 0 unspecified atom stereocenters. The summed E-state index contributed by atoms with van der Waals surface area (Å²) in [6, 6.07) is 3.53. The highest BCUT2D eigenvalue weighted by Gasteiger charge is 2.33. The molecular formula is C25H29F3N4O2S. The highest BCUT2D eigenvalue weighted by atomic mass is 32.1. The van der Waals surface area contributed by atoms with E-state index in [0.717, 1.165) is 40.2 Å². The molecule has 0 aliphatic heterocycles. The van der Waals surface area contributed by atoms with Gasteiger partial charge in [-0.05, 0) is 63.5 Å². The molecule has 1 aliphatic rings. The molecule has 2 aromatic heterocycles. The summed E-state index contributed by atoms with van der Waals surface area (Å²) in [4.78, 5) is 24.5. The summed E-state index contributed by atoms with van der Waals surface area (Å²) in [6.07, 6.45) is 1.23. The molecule has 0 spiro atoms. The Morgan fingerprint density at radius 2 is 1.80 bits per heavy atom. The fourth-order valence-corrected chi connectivity index (χ4v) is 5.74. The smallest absolute Gasteiger partial charge is 0.386 e. The summed E-state index contributed by atoms with van der Waals surface area (Å²) in [7, 11) is 0. The second-order valence-electron chi connectivity index (χ2n) is 10.1. The van der Waals surface area contributed by atoms with Crippen molar-refractivity contribution in [2.45, 2.75) is 71.1 Å². The second kappa shape index (κ2) is 9.46. The minimum absolute atomic E-state index is 0.258. The number of alkyl halides is 3. The lowest BCUT2D eigenvalue weighted by molar-refractivity contribution is -0.141. The Morgan fingerprint density at radius 3 is 2.34 bits per heavy atom. The molecule has 4 rings (SSSR count). The van der Waals surface area contributed by atoms with Gasteiger partial charge in [0.2, 0.25) is 0 Å². The van der Waals surface area contributed by atoms with Crippen molar-refractivity contribution in [3.8, 4) is 0 Å². The van der Waals surface area contributed by atoms with Gasteiger partial charge in [-0.1, -0.05) is 13.8 Å². The van der Waals surface area contributed by atoms with Gasteiger partial charge in [0, 0.05) is 17.2 Å². The minimum Gasteiger partial charge on any atom is -0.386 e. The van der Waals surface area contributed by atoms with Crippen molar-refractivity contribution in [3.63, 3.8) is 0 Å². The summed E-state index contributed by atoms with van der Waals surface area (Å²) in [5, 5.41) is 14.5. The first-order chi connectivity index (χ1) is 16.3. The highest BCUT2D eigenvalue weighted by Crippen LogP contribution is 2.42. The number of carbonyl (C=O) groups excluding carboxylic acids is 1. The lowest BCUT2D eigenvalue weighted by atomic mass is 9.77. The van der Waals surface area contributed by atoms with E-state index < -0.39 is 23.4 Å². The Morgan fingerprint density at radius 1 is 1.11 bits per heavy atom. The number of carbonyl (C=O) groups is 1. The Bertz CT molecular complexity index is 1210. The van der Waals surface area contributed by atoms with E-state index in [1.807, 2.05) is 0 Å². The molecule has 1 fully saturated rings. The number of rotatable bonds is 5. The van der Waals surface area contributed by atoms with E-state index in [-0.39, 0.29) is 5.69 Å². The van der Waals surface area contributed by atoms with Crippen LogP contribution in [0.15, 0.2) is 24.5 Å². The molecule has 0 radical (unpaired) electrons. The van der Waals surface area contributed by atoms with Crippen molar-refractivity contribution in [2.75, 3.05) is 5.32 Å². The van der Waals surface area contributed by atoms with E-state index >= 15 is 0 Å². The second-order valence-corrected chi connectivity index (χ2v) is 11.1. The molecule has 10 heteroatoms. The summed E-state index contributed by atoms with van der Waals surface area (Å²) >= 11 is 1.58. The SMILES string of the molecule is CC(C)C1CCC(c2nc3cc(C(C)(C)O)c(NC(=O)c4cnc(C(F)(F)F)cn4)cc3s2)CC1. The third-order valence-corrected chi connectivity index (χ3v) is 7.87. The van der Waals surface area contributed by atoms with Crippen LogP contribution >= 0.6 is 11.3 Å². The molecule has 188 valence electrons. The molecule has 1 amide bonds. The Balaban J connectivity index is 1.61. The summed E-state index contributed by atoms with van der Waals surface area (Å²) in [6.45, 7) is 7.74. The zero-order chi connectivity index (χ0) is 25.5. The largest absolute Gasteiger partial charge is 0.434 e. The first-order valence-electron chi connectivity index (χ1n) is 11.7. The molecule has 1 saturated carbocycles. The van der Waals surface area contributed by atoms with Crippen molar-refractivity contribution in [1.29, 1.82) is 0 Å². The third-order valence-electron chi connectivity index (χ3n) is 6.69. The quantitative estimate of drug-likeness (QED) is 0.412. The minimum atomic E-state index is -4.64. The molecule has 2 heterocycles. The van der Waals surface area contributed by atoms with Crippen LogP contribution in [-0.2, 0) is 11.8 Å². The molecule has 2 N–H and O–H groups in total. The van der Waals surface area contributed by atoms with E-state index in [2.05, 4.69) is 29.1 Å². The number of nitrogens with one attached hydrogen (secondary N) is 1. The van der Waals surface area contributed by atoms with Crippen LogP contribution in [0.25, 0.3) is 10.2 Å². The molecule has 35 heavy (non-hydrogen) atoms. The molecule has 1 aromatic carbocycles. The fourth-order valence-electron chi connectivity index (χ4n) is 4.59. The zero-order valence-electron chi connectivity index (χ0n) is 20.1. The predicted molar refractivity (Wildman–Crippen MR) is 129 cm³/mol. The summed E-state index contributed by atoms with van der Waals surface area (Å²) < 4.78 is 39.1. The van der Waals surface area contributed by atoms with E-state index in [1.165, 1.54) is 12.8 Å². The molecule has 0 saturated heterocycles. The van der Waals surface area contributed by atoms with Crippen LogP contribution in [-0.4, -0.2) is 26.0 Å². The van der Waals surface area contributed by atoms with Gasteiger partial charge in [0.15, 0.2) is 5.69 Å². The van der Waals surface area contributed by atoms with Crippen molar-refractivity contribution in [2.24, 2.45) is 11.8 Å². The number of aromatic nitrogens is 3. The lowest BCUT2D eigenvalue weighted by Crippen LogP contribution is -2.22. The number of hydrogen-bond acceptors (Lipinski definition) is 6. The van der Waals surface area contributed by atoms with E-state index in [1.54, 1.807) is 37.3 Å². The van der Waals surface area contributed by atoms with Crippen LogP contribution < -0.4 is 5.32 Å². The number of thiazole rings is 1. The first kappa shape index (κ1) is 25.5. The van der Waals surface area contributed by atoms with Gasteiger partial charge in [0.1, 0.15) is 5.69 Å². The monoisotopic (exact) mass is 506 g/mol. The summed E-state index contributed by atoms with van der Waals surface area (Å²) in [5.41, 5.74) is -1.16. The molecule has 3 aromatic rings. The number of halogens is 3. The van der Waals surface area contributed by atoms with Crippen molar-refractivity contribution in [1.82, 2.24) is 15.0 Å². The number of fused-ring (bicyclic) bond motifs is 1. The topological polar surface area (TPSA) is 88.0 Å². The van der Waals surface area contributed by atoms with Gasteiger partial charge in [-0.3, -0.25) is 4.79 Å². The summed E-state index contributed by atoms with van der Waals surface area (Å²) in [5.74, 6) is 1.11. The van der Waals surface area contributed by atoms with Gasteiger partial charge in [0.05, 0.1) is 33.2 Å². The maximum Gasteiger partial charge on any atom is 0.434 e. The average Bonchev–Trinajstić information content (AvgIpc) is 3.20. The van der Waals surface area contributed by atoms with Gasteiger partial charge in [-0.2, -0.15) is 13.2 Å². The van der Waals surface area contributed by atoms with Crippen LogP contribution in [0, 0.1) is 11.8 Å². The number of amides is 1. The van der Waals surface area contributed by atoms with Crippen LogP contribution in [0.5, 0.6) is 0 Å². The lowest BCUT2D eigenvalue weighted by Gasteiger charge is -2.29. The Hall–Kier alpha value is -2.59. The average molecular weight is 507 g/mol. The number of anilines is 1. The highest BCUT2D eigenvalue weighted by molar-refractivity contribution is 7.18. The van der Waals surface area contributed by atoms with Crippen LogP contribution in [0.2, 0.25) is 0 Å². The number of nitrogens with zero attached hydrogens (tertiary/aromatic N) is 3. The predicted octanol–water partition coefficient (Wildman–Crippen LogP) is 6.51. The maximum absolute atomic E-state index is 12.8. The maximum atomic E-state index is 12.8. The molecular weight excluding hydrogens is 477 g/mol. The van der Waals surface area contributed by atoms with E-state index in [0.29, 0.717) is 29.3 Å².